The maximum Gasteiger partial charge on any atom is 0.0634 e. The van der Waals surface area contributed by atoms with Crippen molar-refractivity contribution in [3.63, 3.8) is 0 Å². The predicted octanol–water partition coefficient (Wildman–Crippen LogP) is 13.8. The van der Waals surface area contributed by atoms with E-state index in [1.165, 1.54) is 89.0 Å². The molecule has 0 heteroatoms. The van der Waals surface area contributed by atoms with Gasteiger partial charge in [-0.25, -0.2) is 0 Å². The number of benzene rings is 6. The van der Waals surface area contributed by atoms with Crippen LogP contribution < -0.4 is 0 Å². The minimum Gasteiger partial charge on any atom is -0.0613 e. The highest BCUT2D eigenvalue weighted by Crippen LogP contribution is 2.54. The van der Waals surface area contributed by atoms with Gasteiger partial charge in [0.15, 0.2) is 0 Å². The third-order valence-electron chi connectivity index (χ3n) is 11.8. The Balaban J connectivity index is 1.34. The van der Waals surface area contributed by atoms with Crippen molar-refractivity contribution in [2.45, 2.75) is 84.5 Å². The molecule has 0 fully saturated rings. The van der Waals surface area contributed by atoms with Crippen molar-refractivity contribution < 1.29 is 0 Å². The molecule has 0 N–H and O–H groups in total. The summed E-state index contributed by atoms with van der Waals surface area (Å²) in [6, 6.07) is 51.1. The van der Waals surface area contributed by atoms with E-state index in [0.717, 1.165) is 12.8 Å². The van der Waals surface area contributed by atoms with Gasteiger partial charge < -0.3 is 0 Å². The van der Waals surface area contributed by atoms with Crippen LogP contribution >= 0.6 is 0 Å². The Labute approximate surface area is 318 Å². The largest absolute Gasteiger partial charge is 0.0634 e. The van der Waals surface area contributed by atoms with E-state index < -0.39 is 5.41 Å². The molecule has 8 rings (SSSR count). The van der Waals surface area contributed by atoms with E-state index in [4.69, 9.17) is 0 Å². The molecule has 0 bridgehead atoms. The minimum atomic E-state index is -0.444. The quantitative estimate of drug-likeness (QED) is 0.163. The summed E-state index contributed by atoms with van der Waals surface area (Å²) < 4.78 is 0. The van der Waals surface area contributed by atoms with Crippen LogP contribution in [0.4, 0.5) is 0 Å². The first-order valence-electron chi connectivity index (χ1n) is 19.3. The smallest absolute Gasteiger partial charge is 0.0613 e. The van der Waals surface area contributed by atoms with Crippen molar-refractivity contribution in [1.82, 2.24) is 0 Å². The summed E-state index contributed by atoms with van der Waals surface area (Å²) in [5.41, 5.74) is 21.3. The fourth-order valence-electron chi connectivity index (χ4n) is 8.74. The van der Waals surface area contributed by atoms with Gasteiger partial charge in [0.05, 0.1) is 5.41 Å². The van der Waals surface area contributed by atoms with E-state index in [0.29, 0.717) is 0 Å². The Morgan fingerprint density at radius 3 is 1.06 bits per heavy atom. The molecule has 0 unspecified atom stereocenters. The molecule has 264 valence electrons. The molecular weight excluding hydrogens is 637 g/mol. The number of hydrogen-bond donors (Lipinski definition) is 0. The third kappa shape index (κ3) is 6.23. The molecule has 6 aromatic rings. The van der Waals surface area contributed by atoms with Crippen LogP contribution in [0, 0.1) is 13.8 Å². The molecule has 0 aliphatic heterocycles. The average Bonchev–Trinajstić information content (AvgIpc) is 3.78. The number of hydrogen-bond acceptors (Lipinski definition) is 0. The van der Waals surface area contributed by atoms with Crippen LogP contribution in [0.2, 0.25) is 0 Å². The first-order chi connectivity index (χ1) is 25.3. The second-order valence-electron chi connectivity index (χ2n) is 17.6. The predicted molar refractivity (Wildman–Crippen MR) is 228 cm³/mol. The minimum absolute atomic E-state index is 0.119. The van der Waals surface area contributed by atoms with Gasteiger partial charge in [-0.3, -0.25) is 0 Å². The molecule has 2 aliphatic rings. The standard InChI is InChI=1S/C53H52/c1-35-15-23-43(24-16-35)53(44-25-17-36(2)18-26-44,45-31-39-11-9-13-47(49(39)33-45)37-19-27-41(28-20-37)51(3,4)5)46-32-40-12-10-14-48(50(40)34-46)38-21-29-42(30-22-38)52(6,7)8/h9-30,33-34H,31-32H2,1-8H3. The lowest BCUT2D eigenvalue weighted by atomic mass is 9.63. The summed E-state index contributed by atoms with van der Waals surface area (Å²) in [6.45, 7) is 18.1. The fourth-order valence-corrected chi connectivity index (χ4v) is 8.74. The SMILES string of the molecule is Cc1ccc(C(C2=Cc3c(cccc3-c3ccc(C(C)(C)C)cc3)C2)(C2=Cc3c(cccc3-c3ccc(C(C)(C)C)cc3)C2)c2ccc(C)cc2)cc1. The summed E-state index contributed by atoms with van der Waals surface area (Å²) >= 11 is 0. The Bertz CT molecular complexity index is 2190. The van der Waals surface area contributed by atoms with Crippen LogP contribution in [-0.4, -0.2) is 0 Å². The van der Waals surface area contributed by atoms with Crippen LogP contribution in [0.15, 0.2) is 145 Å². The highest BCUT2D eigenvalue weighted by atomic mass is 14.5. The van der Waals surface area contributed by atoms with E-state index >= 15 is 0 Å². The Morgan fingerprint density at radius 2 is 0.717 bits per heavy atom. The molecule has 0 radical (unpaired) electrons. The molecule has 0 nitrogen and oxygen atoms in total. The van der Waals surface area contributed by atoms with Crippen LogP contribution in [0.3, 0.4) is 0 Å². The fraction of sp³-hybridized carbons (Fsp3) is 0.245. The van der Waals surface area contributed by atoms with E-state index in [-0.39, 0.29) is 10.8 Å². The van der Waals surface area contributed by atoms with Gasteiger partial charge in [-0.1, -0.05) is 198 Å². The lowest BCUT2D eigenvalue weighted by Crippen LogP contribution is -2.33. The average molecular weight is 689 g/mol. The highest BCUT2D eigenvalue weighted by molar-refractivity contribution is 5.87. The van der Waals surface area contributed by atoms with Crippen molar-refractivity contribution in [1.29, 1.82) is 0 Å². The van der Waals surface area contributed by atoms with Crippen LogP contribution in [0.5, 0.6) is 0 Å². The Kier molecular flexibility index (Phi) is 8.57. The molecule has 6 aromatic carbocycles. The van der Waals surface area contributed by atoms with E-state index in [1.807, 2.05) is 0 Å². The normalized spacial score (nSPS) is 14.1. The number of allylic oxidation sites excluding steroid dienone is 2. The van der Waals surface area contributed by atoms with Crippen molar-refractivity contribution >= 4 is 12.2 Å². The second kappa shape index (κ2) is 13.0. The van der Waals surface area contributed by atoms with Gasteiger partial charge >= 0.3 is 0 Å². The van der Waals surface area contributed by atoms with E-state index in [1.54, 1.807) is 0 Å². The Hall–Kier alpha value is -5.20. The molecule has 0 atom stereocenters. The zero-order chi connectivity index (χ0) is 37.1. The van der Waals surface area contributed by atoms with Crippen LogP contribution in [0.1, 0.15) is 97.2 Å². The molecule has 2 aliphatic carbocycles. The first-order valence-corrected chi connectivity index (χ1v) is 19.3. The van der Waals surface area contributed by atoms with Gasteiger partial charge in [0, 0.05) is 0 Å². The summed E-state index contributed by atoms with van der Waals surface area (Å²) in [5.74, 6) is 0. The molecule has 0 amide bonds. The molecule has 0 saturated carbocycles. The molecular formula is C53H52. The van der Waals surface area contributed by atoms with E-state index in [2.05, 4.69) is 201 Å². The topological polar surface area (TPSA) is 0 Å². The van der Waals surface area contributed by atoms with Gasteiger partial charge in [0.1, 0.15) is 0 Å². The Morgan fingerprint density at radius 1 is 0.377 bits per heavy atom. The van der Waals surface area contributed by atoms with Crippen LogP contribution in [0.25, 0.3) is 34.4 Å². The lowest BCUT2D eigenvalue weighted by Gasteiger charge is -2.39. The summed E-state index contributed by atoms with van der Waals surface area (Å²) in [4.78, 5) is 0. The monoisotopic (exact) mass is 688 g/mol. The maximum absolute atomic E-state index is 2.55. The first kappa shape index (κ1) is 34.9. The number of aryl methyl sites for hydroxylation is 2. The van der Waals surface area contributed by atoms with Crippen molar-refractivity contribution in [3.8, 4) is 22.3 Å². The lowest BCUT2D eigenvalue weighted by molar-refractivity contribution is 0.590. The van der Waals surface area contributed by atoms with Gasteiger partial charge in [-0.2, -0.15) is 0 Å². The molecule has 53 heavy (non-hydrogen) atoms. The van der Waals surface area contributed by atoms with Gasteiger partial charge in [-0.15, -0.1) is 0 Å². The molecule has 0 aromatic heterocycles. The summed E-state index contributed by atoms with van der Waals surface area (Å²) in [5, 5.41) is 0. The van der Waals surface area contributed by atoms with Crippen molar-refractivity contribution in [2.75, 3.05) is 0 Å². The third-order valence-corrected chi connectivity index (χ3v) is 11.8. The van der Waals surface area contributed by atoms with Gasteiger partial charge in [-0.05, 0) is 115 Å². The zero-order valence-corrected chi connectivity index (χ0v) is 32.8. The summed E-state index contributed by atoms with van der Waals surface area (Å²) in [7, 11) is 0. The number of rotatable bonds is 6. The number of fused-ring (bicyclic) bond motifs is 2. The highest BCUT2D eigenvalue weighted by Gasteiger charge is 2.45. The van der Waals surface area contributed by atoms with Crippen molar-refractivity contribution in [2.24, 2.45) is 0 Å². The maximum atomic E-state index is 2.55. The van der Waals surface area contributed by atoms with Gasteiger partial charge in [0.25, 0.3) is 0 Å². The van der Waals surface area contributed by atoms with E-state index in [9.17, 15) is 0 Å². The summed E-state index contributed by atoms with van der Waals surface area (Å²) in [6.07, 6.45) is 6.91. The second-order valence-corrected chi connectivity index (χ2v) is 17.6. The van der Waals surface area contributed by atoms with Gasteiger partial charge in [0.2, 0.25) is 0 Å². The molecule has 0 spiro atoms. The molecule has 0 saturated heterocycles. The molecule has 0 heterocycles. The van der Waals surface area contributed by atoms with Crippen LogP contribution in [-0.2, 0) is 29.1 Å². The zero-order valence-electron chi connectivity index (χ0n) is 32.8. The van der Waals surface area contributed by atoms with Crippen molar-refractivity contribution in [3.05, 3.63) is 200 Å².